The van der Waals surface area contributed by atoms with Crippen LogP contribution in [0.15, 0.2) is 47.1 Å². The summed E-state index contributed by atoms with van der Waals surface area (Å²) in [6.45, 7) is 0.447. The van der Waals surface area contributed by atoms with E-state index in [4.69, 9.17) is 9.40 Å². The van der Waals surface area contributed by atoms with E-state index < -0.39 is 0 Å². The first-order valence-electron chi connectivity index (χ1n) is 8.50. The molecular weight excluding hydrogens is 320 g/mol. The minimum absolute atomic E-state index is 0.112. The summed E-state index contributed by atoms with van der Waals surface area (Å²) in [5.74, 6) is 1.09. The van der Waals surface area contributed by atoms with Crippen molar-refractivity contribution in [3.63, 3.8) is 0 Å². The normalized spacial score (nSPS) is 15.7. The van der Waals surface area contributed by atoms with Crippen molar-refractivity contribution in [1.29, 1.82) is 0 Å². The van der Waals surface area contributed by atoms with E-state index in [1.165, 1.54) is 6.42 Å². The summed E-state index contributed by atoms with van der Waals surface area (Å²) in [5, 5.41) is 0.767. The molecule has 24 heavy (non-hydrogen) atoms. The van der Waals surface area contributed by atoms with Crippen molar-refractivity contribution in [2.45, 2.75) is 38.6 Å². The number of carbonyl (C=O) groups is 1. The first-order valence-corrected chi connectivity index (χ1v) is 9.32. The fourth-order valence-electron chi connectivity index (χ4n) is 3.34. The number of hydrogen-bond acceptors (Lipinski definition) is 4. The van der Waals surface area contributed by atoms with Crippen molar-refractivity contribution in [3.8, 4) is 0 Å². The molecule has 1 aliphatic carbocycles. The molecule has 1 aromatic carbocycles. The lowest BCUT2D eigenvalue weighted by atomic mass is 9.88. The predicted molar refractivity (Wildman–Crippen MR) is 96.1 cm³/mol. The number of amides is 1. The lowest BCUT2D eigenvalue weighted by molar-refractivity contribution is -0.123. The summed E-state index contributed by atoms with van der Waals surface area (Å²) in [5.41, 5.74) is 0.943. The average Bonchev–Trinajstić information content (AvgIpc) is 3.29. The number of aromatic nitrogens is 1. The topological polar surface area (TPSA) is 46.3 Å². The highest BCUT2D eigenvalue weighted by Crippen LogP contribution is 2.33. The van der Waals surface area contributed by atoms with Gasteiger partial charge in [-0.1, -0.05) is 42.7 Å². The van der Waals surface area contributed by atoms with Gasteiger partial charge in [0.1, 0.15) is 5.76 Å². The third-order valence-corrected chi connectivity index (χ3v) is 5.69. The van der Waals surface area contributed by atoms with Crippen molar-refractivity contribution in [2.24, 2.45) is 5.92 Å². The molecular formula is C19H20N2O2S. The summed E-state index contributed by atoms with van der Waals surface area (Å²) in [4.78, 5) is 19.7. The van der Waals surface area contributed by atoms with Gasteiger partial charge in [0.05, 0.1) is 23.0 Å². The Morgan fingerprint density at radius 1 is 1.17 bits per heavy atom. The van der Waals surface area contributed by atoms with Gasteiger partial charge in [-0.2, -0.15) is 0 Å². The van der Waals surface area contributed by atoms with E-state index in [0.29, 0.717) is 6.54 Å². The standard InChI is InChI=1S/C19H20N2O2S/c22-18(14-7-2-1-3-8-14)21(13-15-9-6-12-23-15)19-20-16-10-4-5-11-17(16)24-19/h4-6,9-12,14H,1-3,7-8,13H2. The van der Waals surface area contributed by atoms with Crippen LogP contribution in [-0.4, -0.2) is 10.9 Å². The van der Waals surface area contributed by atoms with Gasteiger partial charge in [-0.25, -0.2) is 4.98 Å². The highest BCUT2D eigenvalue weighted by molar-refractivity contribution is 7.22. The van der Waals surface area contributed by atoms with Crippen LogP contribution >= 0.6 is 11.3 Å². The second-order valence-corrected chi connectivity index (χ2v) is 7.31. The Labute approximate surface area is 145 Å². The maximum Gasteiger partial charge on any atom is 0.232 e. The van der Waals surface area contributed by atoms with Gasteiger partial charge in [0.25, 0.3) is 0 Å². The lowest BCUT2D eigenvalue weighted by Crippen LogP contribution is -2.36. The summed E-state index contributed by atoms with van der Waals surface area (Å²) >= 11 is 1.57. The zero-order valence-electron chi connectivity index (χ0n) is 13.5. The van der Waals surface area contributed by atoms with Crippen LogP contribution in [0.2, 0.25) is 0 Å². The van der Waals surface area contributed by atoms with Crippen LogP contribution in [0.1, 0.15) is 37.9 Å². The van der Waals surface area contributed by atoms with Gasteiger partial charge >= 0.3 is 0 Å². The number of para-hydroxylation sites is 1. The van der Waals surface area contributed by atoms with Crippen LogP contribution < -0.4 is 4.90 Å². The number of thiazole rings is 1. The van der Waals surface area contributed by atoms with Gasteiger partial charge in [-0.05, 0) is 37.1 Å². The molecule has 0 radical (unpaired) electrons. The molecule has 4 rings (SSSR count). The van der Waals surface area contributed by atoms with Crippen molar-refractivity contribution in [3.05, 3.63) is 48.4 Å². The Bertz CT molecular complexity index is 786. The second kappa shape index (κ2) is 6.77. The number of carbonyl (C=O) groups excluding carboxylic acids is 1. The quantitative estimate of drug-likeness (QED) is 0.671. The molecule has 0 unspecified atom stereocenters. The minimum Gasteiger partial charge on any atom is -0.467 e. The van der Waals surface area contributed by atoms with E-state index in [1.54, 1.807) is 17.6 Å². The molecule has 0 bridgehead atoms. The van der Waals surface area contributed by atoms with Crippen LogP contribution in [-0.2, 0) is 11.3 Å². The molecule has 0 spiro atoms. The second-order valence-electron chi connectivity index (χ2n) is 6.30. The SMILES string of the molecule is O=C(C1CCCCC1)N(Cc1ccco1)c1nc2ccccc2s1. The van der Waals surface area contributed by atoms with Gasteiger partial charge < -0.3 is 4.42 Å². The number of nitrogens with zero attached hydrogens (tertiary/aromatic N) is 2. The van der Waals surface area contributed by atoms with E-state index in [-0.39, 0.29) is 11.8 Å². The smallest absolute Gasteiger partial charge is 0.232 e. The minimum atomic E-state index is 0.112. The predicted octanol–water partition coefficient (Wildman–Crippen LogP) is 5.00. The molecule has 1 fully saturated rings. The number of rotatable bonds is 4. The van der Waals surface area contributed by atoms with Gasteiger partial charge in [0, 0.05) is 5.92 Å². The van der Waals surface area contributed by atoms with E-state index >= 15 is 0 Å². The number of anilines is 1. The highest BCUT2D eigenvalue weighted by atomic mass is 32.1. The van der Waals surface area contributed by atoms with Gasteiger partial charge in [-0.3, -0.25) is 9.69 Å². The first-order chi connectivity index (χ1) is 11.8. The summed E-state index contributed by atoms with van der Waals surface area (Å²) in [6.07, 6.45) is 7.15. The van der Waals surface area contributed by atoms with Crippen molar-refractivity contribution >= 4 is 32.6 Å². The number of furan rings is 1. The van der Waals surface area contributed by atoms with Crippen LogP contribution in [0.3, 0.4) is 0 Å². The maximum atomic E-state index is 13.2. The molecule has 0 aliphatic heterocycles. The molecule has 1 aliphatic rings. The van der Waals surface area contributed by atoms with Gasteiger partial charge in [-0.15, -0.1) is 0 Å². The van der Waals surface area contributed by atoms with E-state index in [2.05, 4.69) is 0 Å². The van der Waals surface area contributed by atoms with Crippen LogP contribution in [0, 0.1) is 5.92 Å². The fourth-order valence-corrected chi connectivity index (χ4v) is 4.31. The highest BCUT2D eigenvalue weighted by Gasteiger charge is 2.29. The van der Waals surface area contributed by atoms with Gasteiger partial charge in [0.15, 0.2) is 5.13 Å². The lowest BCUT2D eigenvalue weighted by Gasteiger charge is -2.27. The number of benzene rings is 1. The summed E-state index contributed by atoms with van der Waals surface area (Å²) in [7, 11) is 0. The zero-order chi connectivity index (χ0) is 16.4. The Morgan fingerprint density at radius 3 is 2.75 bits per heavy atom. The molecule has 4 nitrogen and oxygen atoms in total. The maximum absolute atomic E-state index is 13.2. The number of hydrogen-bond donors (Lipinski definition) is 0. The van der Waals surface area contributed by atoms with E-state index in [9.17, 15) is 4.79 Å². The van der Waals surface area contributed by atoms with Crippen LogP contribution in [0.4, 0.5) is 5.13 Å². The van der Waals surface area contributed by atoms with Gasteiger partial charge in [0.2, 0.25) is 5.91 Å². The Kier molecular flexibility index (Phi) is 4.34. The third-order valence-electron chi connectivity index (χ3n) is 4.63. The van der Waals surface area contributed by atoms with E-state index in [1.807, 2.05) is 41.3 Å². The molecule has 0 saturated heterocycles. The molecule has 5 heteroatoms. The Hall–Kier alpha value is -2.14. The van der Waals surface area contributed by atoms with Crippen LogP contribution in [0.5, 0.6) is 0 Å². The van der Waals surface area contributed by atoms with Crippen molar-refractivity contribution in [1.82, 2.24) is 4.98 Å². The summed E-state index contributed by atoms with van der Waals surface area (Å²) < 4.78 is 6.59. The zero-order valence-corrected chi connectivity index (χ0v) is 14.3. The van der Waals surface area contributed by atoms with E-state index in [0.717, 1.165) is 46.8 Å². The van der Waals surface area contributed by atoms with Crippen LogP contribution in [0.25, 0.3) is 10.2 Å². The first kappa shape index (κ1) is 15.4. The average molecular weight is 340 g/mol. The third kappa shape index (κ3) is 3.08. The Balaban J connectivity index is 1.67. The largest absolute Gasteiger partial charge is 0.467 e. The molecule has 3 aromatic rings. The Morgan fingerprint density at radius 2 is 2.00 bits per heavy atom. The molecule has 2 heterocycles. The van der Waals surface area contributed by atoms with Crippen molar-refractivity contribution in [2.75, 3.05) is 4.90 Å². The molecule has 0 N–H and O–H groups in total. The summed E-state index contributed by atoms with van der Waals surface area (Å²) in [6, 6.07) is 11.8. The van der Waals surface area contributed by atoms with Crippen molar-refractivity contribution < 1.29 is 9.21 Å². The molecule has 2 aromatic heterocycles. The fraction of sp³-hybridized carbons (Fsp3) is 0.368. The molecule has 124 valence electrons. The molecule has 1 saturated carbocycles. The molecule has 1 amide bonds. The molecule has 0 atom stereocenters. The monoisotopic (exact) mass is 340 g/mol. The number of fused-ring (bicyclic) bond motifs is 1.